The lowest BCUT2D eigenvalue weighted by Crippen LogP contribution is -2.24. The molecule has 0 spiro atoms. The largest absolute Gasteiger partial charge is 0.493 e. The van der Waals surface area contributed by atoms with Gasteiger partial charge < -0.3 is 14.8 Å². The summed E-state index contributed by atoms with van der Waals surface area (Å²) in [6.45, 7) is 0.963. The molecule has 0 saturated carbocycles. The number of alkyl halides is 2. The van der Waals surface area contributed by atoms with Gasteiger partial charge in [-0.15, -0.1) is 12.4 Å². The number of likely N-dealkylation sites (tertiary alicyclic amines) is 1. The van der Waals surface area contributed by atoms with Gasteiger partial charge >= 0.3 is 6.61 Å². The van der Waals surface area contributed by atoms with E-state index < -0.39 is 6.61 Å². The van der Waals surface area contributed by atoms with E-state index in [1.807, 2.05) is 13.1 Å². The van der Waals surface area contributed by atoms with Crippen LogP contribution in [0, 0.1) is 5.92 Å². The fourth-order valence-corrected chi connectivity index (χ4v) is 2.78. The predicted octanol–water partition coefficient (Wildman–Crippen LogP) is 2.76. The second-order valence-corrected chi connectivity index (χ2v) is 5.31. The number of rotatable bonds is 7. The quantitative estimate of drug-likeness (QED) is 0.830. The zero-order valence-corrected chi connectivity index (χ0v) is 13.7. The van der Waals surface area contributed by atoms with Gasteiger partial charge in [0, 0.05) is 13.1 Å². The molecule has 4 nitrogen and oxygen atoms in total. The molecule has 1 aliphatic heterocycles. The summed E-state index contributed by atoms with van der Waals surface area (Å²) < 4.78 is 34.4. The van der Waals surface area contributed by atoms with Crippen molar-refractivity contribution in [2.45, 2.75) is 19.6 Å². The molecule has 22 heavy (non-hydrogen) atoms. The molecule has 1 N–H and O–H groups in total. The van der Waals surface area contributed by atoms with Crippen molar-refractivity contribution in [3.8, 4) is 11.5 Å². The van der Waals surface area contributed by atoms with Gasteiger partial charge in [-0.2, -0.15) is 8.78 Å². The van der Waals surface area contributed by atoms with Crippen LogP contribution in [0.3, 0.4) is 0 Å². The Morgan fingerprint density at radius 1 is 1.36 bits per heavy atom. The molecule has 1 atom stereocenters. The van der Waals surface area contributed by atoms with Crippen LogP contribution in [-0.2, 0) is 6.54 Å². The summed E-state index contributed by atoms with van der Waals surface area (Å²) in [5, 5.41) is 3.19. The molecule has 0 radical (unpaired) electrons. The van der Waals surface area contributed by atoms with E-state index in [1.54, 1.807) is 12.1 Å². The smallest absolute Gasteiger partial charge is 0.387 e. The van der Waals surface area contributed by atoms with Crippen LogP contribution in [-0.4, -0.2) is 45.3 Å². The number of benzene rings is 1. The third-order valence-corrected chi connectivity index (χ3v) is 3.71. The van der Waals surface area contributed by atoms with E-state index in [4.69, 9.17) is 4.74 Å². The third-order valence-electron chi connectivity index (χ3n) is 3.71. The maximum absolute atomic E-state index is 12.4. The highest BCUT2D eigenvalue weighted by Gasteiger charge is 2.22. The molecule has 1 aromatic carbocycles. The standard InChI is InChI=1S/C15H22F2N2O2.ClH/c1-18-8-12-5-6-19(10-12)9-11-3-4-13(20-2)14(7-11)21-15(16)17;/h3-4,7,12,15,18H,5-6,8-10H2,1-2H3;1H. The number of nitrogens with zero attached hydrogens (tertiary/aromatic N) is 1. The first-order valence-corrected chi connectivity index (χ1v) is 7.11. The Morgan fingerprint density at radius 3 is 2.77 bits per heavy atom. The second-order valence-electron chi connectivity index (χ2n) is 5.31. The lowest BCUT2D eigenvalue weighted by atomic mass is 10.1. The number of ether oxygens (including phenoxy) is 2. The first-order chi connectivity index (χ1) is 10.1. The van der Waals surface area contributed by atoms with Crippen molar-refractivity contribution in [1.82, 2.24) is 10.2 Å². The summed E-state index contributed by atoms with van der Waals surface area (Å²) in [5.74, 6) is 1.08. The van der Waals surface area contributed by atoms with Crippen molar-refractivity contribution in [2.75, 3.05) is 33.8 Å². The molecule has 0 aromatic heterocycles. The van der Waals surface area contributed by atoms with E-state index in [9.17, 15) is 8.78 Å². The summed E-state index contributed by atoms with van der Waals surface area (Å²) in [6, 6.07) is 5.20. The highest BCUT2D eigenvalue weighted by molar-refractivity contribution is 5.85. The van der Waals surface area contributed by atoms with Crippen molar-refractivity contribution >= 4 is 12.4 Å². The molecular formula is C15H23ClF2N2O2. The first-order valence-electron chi connectivity index (χ1n) is 7.11. The second kappa shape index (κ2) is 9.12. The van der Waals surface area contributed by atoms with E-state index in [0.717, 1.165) is 38.2 Å². The minimum atomic E-state index is -2.85. The monoisotopic (exact) mass is 336 g/mol. The van der Waals surface area contributed by atoms with Crippen LogP contribution in [0.2, 0.25) is 0 Å². The van der Waals surface area contributed by atoms with Crippen molar-refractivity contribution in [1.29, 1.82) is 0 Å². The Balaban J connectivity index is 0.00000242. The molecular weight excluding hydrogens is 314 g/mol. The molecule has 0 amide bonds. The Morgan fingerprint density at radius 2 is 2.14 bits per heavy atom. The molecule has 1 heterocycles. The zero-order chi connectivity index (χ0) is 15.2. The van der Waals surface area contributed by atoms with Crippen molar-refractivity contribution < 1.29 is 18.3 Å². The number of nitrogens with one attached hydrogen (secondary N) is 1. The van der Waals surface area contributed by atoms with Crippen molar-refractivity contribution in [3.63, 3.8) is 0 Å². The van der Waals surface area contributed by atoms with Crippen LogP contribution >= 0.6 is 12.4 Å². The van der Waals surface area contributed by atoms with E-state index >= 15 is 0 Å². The van der Waals surface area contributed by atoms with Gasteiger partial charge in [0.05, 0.1) is 7.11 Å². The topological polar surface area (TPSA) is 33.7 Å². The molecule has 0 aliphatic carbocycles. The fourth-order valence-electron chi connectivity index (χ4n) is 2.78. The van der Waals surface area contributed by atoms with Crippen LogP contribution in [0.4, 0.5) is 8.78 Å². The maximum atomic E-state index is 12.4. The zero-order valence-electron chi connectivity index (χ0n) is 12.9. The van der Waals surface area contributed by atoms with Gasteiger partial charge in [-0.3, -0.25) is 4.90 Å². The van der Waals surface area contributed by atoms with Crippen molar-refractivity contribution in [3.05, 3.63) is 23.8 Å². The minimum Gasteiger partial charge on any atom is -0.493 e. The number of hydrogen-bond acceptors (Lipinski definition) is 4. The lowest BCUT2D eigenvalue weighted by molar-refractivity contribution is -0.0512. The van der Waals surface area contributed by atoms with Crippen LogP contribution in [0.25, 0.3) is 0 Å². The maximum Gasteiger partial charge on any atom is 0.387 e. The van der Waals surface area contributed by atoms with Crippen molar-refractivity contribution in [2.24, 2.45) is 5.92 Å². The summed E-state index contributed by atoms with van der Waals surface area (Å²) >= 11 is 0. The molecule has 126 valence electrons. The van der Waals surface area contributed by atoms with Gasteiger partial charge in [0.1, 0.15) is 0 Å². The van der Waals surface area contributed by atoms with Gasteiger partial charge in [0.25, 0.3) is 0 Å². The Bertz CT molecular complexity index is 463. The SMILES string of the molecule is CNCC1CCN(Cc2ccc(OC)c(OC(F)F)c2)C1.Cl. The van der Waals surface area contributed by atoms with E-state index in [-0.39, 0.29) is 18.2 Å². The first kappa shape index (κ1) is 18.9. The fraction of sp³-hybridized carbons (Fsp3) is 0.600. The molecule has 7 heteroatoms. The number of methoxy groups -OCH3 is 1. The lowest BCUT2D eigenvalue weighted by Gasteiger charge is -2.17. The van der Waals surface area contributed by atoms with Crippen LogP contribution in [0.1, 0.15) is 12.0 Å². The summed E-state index contributed by atoms with van der Waals surface area (Å²) in [5.41, 5.74) is 0.955. The highest BCUT2D eigenvalue weighted by Crippen LogP contribution is 2.30. The molecule has 0 bridgehead atoms. The Kier molecular flexibility index (Phi) is 7.85. The third kappa shape index (κ3) is 5.26. The minimum absolute atomic E-state index is 0. The number of halogens is 3. The average molecular weight is 337 g/mol. The van der Waals surface area contributed by atoms with Gasteiger partial charge in [-0.1, -0.05) is 6.07 Å². The van der Waals surface area contributed by atoms with Crippen LogP contribution < -0.4 is 14.8 Å². The molecule has 1 aromatic rings. The van der Waals surface area contributed by atoms with Gasteiger partial charge in [-0.05, 0) is 50.2 Å². The molecule has 1 fully saturated rings. The van der Waals surface area contributed by atoms with E-state index in [2.05, 4.69) is 15.0 Å². The molecule has 1 aliphatic rings. The Hall–Kier alpha value is -1.11. The van der Waals surface area contributed by atoms with Crippen LogP contribution in [0.5, 0.6) is 11.5 Å². The van der Waals surface area contributed by atoms with Gasteiger partial charge in [0.2, 0.25) is 0 Å². The predicted molar refractivity (Wildman–Crippen MR) is 84.2 cm³/mol. The molecule has 1 saturated heterocycles. The molecule has 1 unspecified atom stereocenters. The average Bonchev–Trinajstić information content (AvgIpc) is 2.86. The highest BCUT2D eigenvalue weighted by atomic mass is 35.5. The Labute approximate surface area is 136 Å². The van der Waals surface area contributed by atoms with Crippen LogP contribution in [0.15, 0.2) is 18.2 Å². The summed E-state index contributed by atoms with van der Waals surface area (Å²) in [4.78, 5) is 2.33. The van der Waals surface area contributed by atoms with Gasteiger partial charge in [0.15, 0.2) is 11.5 Å². The molecule has 2 rings (SSSR count). The summed E-state index contributed by atoms with van der Waals surface area (Å²) in [7, 11) is 3.40. The van der Waals surface area contributed by atoms with E-state index in [1.165, 1.54) is 7.11 Å². The van der Waals surface area contributed by atoms with Gasteiger partial charge in [-0.25, -0.2) is 0 Å². The normalized spacial score (nSPS) is 18.3. The van der Waals surface area contributed by atoms with E-state index in [0.29, 0.717) is 11.7 Å². The number of hydrogen-bond donors (Lipinski definition) is 1. The summed E-state index contributed by atoms with van der Waals surface area (Å²) in [6.07, 6.45) is 1.16.